The zero-order valence-corrected chi connectivity index (χ0v) is 12.4. The van der Waals surface area contributed by atoms with E-state index in [-0.39, 0.29) is 17.4 Å². The van der Waals surface area contributed by atoms with Crippen molar-refractivity contribution in [2.24, 2.45) is 5.41 Å². The molecule has 0 unspecified atom stereocenters. The lowest BCUT2D eigenvalue weighted by atomic mass is 9.84. The highest BCUT2D eigenvalue weighted by Gasteiger charge is 2.31. The summed E-state index contributed by atoms with van der Waals surface area (Å²) in [4.78, 5) is 11.5. The number of thioether (sulfide) groups is 1. The van der Waals surface area contributed by atoms with Crippen molar-refractivity contribution in [3.8, 4) is 0 Å². The number of carbonyl (C=O) groups is 1. The van der Waals surface area contributed by atoms with Crippen molar-refractivity contribution in [3.05, 3.63) is 0 Å². The summed E-state index contributed by atoms with van der Waals surface area (Å²) in [6.45, 7) is 5.63. The lowest BCUT2D eigenvalue weighted by Crippen LogP contribution is -2.35. The van der Waals surface area contributed by atoms with Crippen LogP contribution in [0.15, 0.2) is 0 Å². The lowest BCUT2D eigenvalue weighted by Gasteiger charge is -2.35. The maximum absolute atomic E-state index is 11.5. The fraction of sp³-hybridized carbons (Fsp3) is 0.917. The van der Waals surface area contributed by atoms with E-state index in [0.29, 0.717) is 5.75 Å². The van der Waals surface area contributed by atoms with Gasteiger partial charge in [-0.15, -0.1) is 0 Å². The van der Waals surface area contributed by atoms with Crippen molar-refractivity contribution in [1.82, 2.24) is 5.32 Å². The Morgan fingerprint density at radius 3 is 2.65 bits per heavy atom. The van der Waals surface area contributed by atoms with E-state index in [2.05, 4.69) is 17.9 Å². The normalized spacial score (nSPS) is 19.3. The molecule has 1 amide bonds. The maximum atomic E-state index is 11.5. The third kappa shape index (κ3) is 5.53. The van der Waals surface area contributed by atoms with Crippen molar-refractivity contribution in [2.75, 3.05) is 30.5 Å². The molecule has 1 rings (SSSR count). The Morgan fingerprint density at radius 1 is 1.47 bits per heavy atom. The summed E-state index contributed by atoms with van der Waals surface area (Å²) >= 11 is 6.18. The van der Waals surface area contributed by atoms with Crippen LogP contribution in [0.2, 0.25) is 0 Å². The minimum absolute atomic E-state index is 0.131. The summed E-state index contributed by atoms with van der Waals surface area (Å²) in [5.74, 6) is 2.57. The monoisotopic (exact) mass is 277 g/mol. The second-order valence-corrected chi connectivity index (χ2v) is 6.29. The van der Waals surface area contributed by atoms with Crippen LogP contribution in [0.5, 0.6) is 0 Å². The number of rotatable bonds is 6. The van der Waals surface area contributed by atoms with Crippen LogP contribution in [0.25, 0.3) is 0 Å². The highest BCUT2D eigenvalue weighted by molar-refractivity contribution is 8.00. The second-order valence-electron chi connectivity index (χ2n) is 4.99. The molecule has 100 valence electrons. The molecule has 0 saturated carbocycles. The Labute approximate surface area is 114 Å². The maximum Gasteiger partial charge on any atom is 0.230 e. The Kier molecular flexibility index (Phi) is 6.74. The summed E-state index contributed by atoms with van der Waals surface area (Å²) in [6.07, 6.45) is 2.13. The first kappa shape index (κ1) is 15.2. The van der Waals surface area contributed by atoms with E-state index in [0.717, 1.165) is 37.6 Å². The summed E-state index contributed by atoms with van der Waals surface area (Å²) in [7, 11) is 0. The molecule has 0 bridgehead atoms. The van der Waals surface area contributed by atoms with Crippen LogP contribution in [0, 0.1) is 5.41 Å². The van der Waals surface area contributed by atoms with E-state index in [1.807, 2.05) is 13.8 Å². The third-order valence-corrected chi connectivity index (χ3v) is 4.93. The van der Waals surface area contributed by atoms with Gasteiger partial charge < -0.3 is 10.1 Å². The smallest absolute Gasteiger partial charge is 0.230 e. The third-order valence-electron chi connectivity index (χ3n) is 2.98. The largest absolute Gasteiger partial charge is 0.381 e. The van der Waals surface area contributed by atoms with Gasteiger partial charge in [0.15, 0.2) is 0 Å². The molecule has 17 heavy (non-hydrogen) atoms. The van der Waals surface area contributed by atoms with Crippen molar-refractivity contribution in [1.29, 1.82) is 0 Å². The van der Waals surface area contributed by atoms with Gasteiger partial charge in [-0.2, -0.15) is 24.4 Å². The minimum Gasteiger partial charge on any atom is -0.381 e. The van der Waals surface area contributed by atoms with Crippen molar-refractivity contribution >= 4 is 30.3 Å². The molecular weight excluding hydrogens is 254 g/mol. The topological polar surface area (TPSA) is 38.3 Å². The van der Waals surface area contributed by atoms with Crippen LogP contribution < -0.4 is 5.32 Å². The van der Waals surface area contributed by atoms with Gasteiger partial charge in [0.25, 0.3) is 0 Å². The Hall–Kier alpha value is 0.130. The molecule has 1 aliphatic rings. The van der Waals surface area contributed by atoms with Gasteiger partial charge in [0.2, 0.25) is 5.91 Å². The average Bonchev–Trinajstić information content (AvgIpc) is 2.29. The van der Waals surface area contributed by atoms with E-state index < -0.39 is 0 Å². The Bertz CT molecular complexity index is 241. The molecule has 0 aromatic heterocycles. The van der Waals surface area contributed by atoms with Gasteiger partial charge in [0, 0.05) is 25.0 Å². The predicted molar refractivity (Wildman–Crippen MR) is 76.9 cm³/mol. The van der Waals surface area contributed by atoms with E-state index in [1.54, 1.807) is 11.8 Å². The average molecular weight is 277 g/mol. The van der Waals surface area contributed by atoms with Crippen LogP contribution in [0.1, 0.15) is 26.7 Å². The predicted octanol–water partition coefficient (Wildman–Crippen LogP) is 1.97. The molecule has 1 aliphatic heterocycles. The number of amides is 1. The highest BCUT2D eigenvalue weighted by atomic mass is 32.2. The van der Waals surface area contributed by atoms with Crippen LogP contribution >= 0.6 is 24.4 Å². The van der Waals surface area contributed by atoms with Gasteiger partial charge in [-0.1, -0.05) is 0 Å². The first-order chi connectivity index (χ1) is 8.08. The standard InChI is InChI=1S/C12H23NO2S2/c1-10(2)13-11(14)7-17-9-12(8-16)3-5-15-6-4-12/h10,16H,3-9H2,1-2H3,(H,13,14). The molecule has 0 atom stereocenters. The molecule has 0 aromatic carbocycles. The van der Waals surface area contributed by atoms with Gasteiger partial charge in [-0.05, 0) is 37.9 Å². The quantitative estimate of drug-likeness (QED) is 0.729. The Balaban J connectivity index is 2.25. The molecule has 0 aromatic rings. The molecule has 0 spiro atoms. The SMILES string of the molecule is CC(C)NC(=O)CSCC1(CS)CCOCC1. The minimum atomic E-state index is 0.131. The first-order valence-corrected chi connectivity index (χ1v) is 7.92. The zero-order chi connectivity index (χ0) is 12.7. The van der Waals surface area contributed by atoms with Gasteiger partial charge >= 0.3 is 0 Å². The van der Waals surface area contributed by atoms with Gasteiger partial charge in [0.05, 0.1) is 5.75 Å². The van der Waals surface area contributed by atoms with Crippen LogP contribution in [-0.4, -0.2) is 42.4 Å². The fourth-order valence-electron chi connectivity index (χ4n) is 1.88. The van der Waals surface area contributed by atoms with Crippen LogP contribution in [-0.2, 0) is 9.53 Å². The number of nitrogens with one attached hydrogen (secondary N) is 1. The van der Waals surface area contributed by atoms with Gasteiger partial charge in [-0.25, -0.2) is 0 Å². The summed E-state index contributed by atoms with van der Waals surface area (Å²) < 4.78 is 5.38. The zero-order valence-electron chi connectivity index (χ0n) is 10.7. The number of ether oxygens (including phenoxy) is 1. The van der Waals surface area contributed by atoms with Crippen molar-refractivity contribution < 1.29 is 9.53 Å². The van der Waals surface area contributed by atoms with E-state index in [4.69, 9.17) is 4.74 Å². The van der Waals surface area contributed by atoms with E-state index >= 15 is 0 Å². The molecule has 3 nitrogen and oxygen atoms in total. The molecule has 0 radical (unpaired) electrons. The first-order valence-electron chi connectivity index (χ1n) is 6.14. The Morgan fingerprint density at radius 2 is 2.12 bits per heavy atom. The summed E-state index contributed by atoms with van der Waals surface area (Å²) in [5, 5.41) is 2.91. The summed E-state index contributed by atoms with van der Waals surface area (Å²) in [6, 6.07) is 0.227. The fourth-order valence-corrected chi connectivity index (χ4v) is 3.65. The molecule has 1 saturated heterocycles. The summed E-state index contributed by atoms with van der Waals surface area (Å²) in [5.41, 5.74) is 0.268. The van der Waals surface area contributed by atoms with Crippen molar-refractivity contribution in [2.45, 2.75) is 32.7 Å². The van der Waals surface area contributed by atoms with E-state index in [1.165, 1.54) is 0 Å². The van der Waals surface area contributed by atoms with Crippen molar-refractivity contribution in [3.63, 3.8) is 0 Å². The van der Waals surface area contributed by atoms with Crippen LogP contribution in [0.4, 0.5) is 0 Å². The molecule has 0 aliphatic carbocycles. The number of carbonyl (C=O) groups excluding carboxylic acids is 1. The number of hydrogen-bond acceptors (Lipinski definition) is 4. The highest BCUT2D eigenvalue weighted by Crippen LogP contribution is 2.35. The van der Waals surface area contributed by atoms with Gasteiger partial charge in [-0.3, -0.25) is 4.79 Å². The number of thiol groups is 1. The molecule has 1 heterocycles. The van der Waals surface area contributed by atoms with Gasteiger partial charge in [0.1, 0.15) is 0 Å². The number of hydrogen-bond donors (Lipinski definition) is 2. The molecule has 1 fully saturated rings. The van der Waals surface area contributed by atoms with Crippen LogP contribution in [0.3, 0.4) is 0 Å². The molecule has 1 N–H and O–H groups in total. The second kappa shape index (κ2) is 7.54. The van der Waals surface area contributed by atoms with E-state index in [9.17, 15) is 4.79 Å². The molecular formula is C12H23NO2S2. The molecule has 5 heteroatoms. The lowest BCUT2D eigenvalue weighted by molar-refractivity contribution is -0.119.